The highest BCUT2D eigenvalue weighted by atomic mass is 16.3. The molecule has 0 fully saturated rings. The maximum atomic E-state index is 9.55. The zero-order chi connectivity index (χ0) is 14.1. The minimum absolute atomic E-state index is 0.334. The molecule has 0 radical (unpaired) electrons. The first-order chi connectivity index (χ1) is 9.63. The summed E-state index contributed by atoms with van der Waals surface area (Å²) in [5, 5.41) is 13.3. The van der Waals surface area contributed by atoms with Crippen LogP contribution in [0.1, 0.15) is 47.7 Å². The molecule has 0 bridgehead atoms. The van der Waals surface area contributed by atoms with E-state index in [9.17, 15) is 5.11 Å². The highest BCUT2D eigenvalue weighted by Crippen LogP contribution is 2.34. The van der Waals surface area contributed by atoms with Gasteiger partial charge in [-0.1, -0.05) is 35.9 Å². The molecule has 0 heterocycles. The molecule has 1 aliphatic rings. The van der Waals surface area contributed by atoms with Crippen molar-refractivity contribution in [2.75, 3.05) is 0 Å². The Morgan fingerprint density at radius 2 is 1.90 bits per heavy atom. The fourth-order valence-electron chi connectivity index (χ4n) is 3.03. The molecule has 2 atom stereocenters. The van der Waals surface area contributed by atoms with Crippen LogP contribution in [-0.2, 0) is 6.42 Å². The number of phenols is 1. The van der Waals surface area contributed by atoms with Crippen molar-refractivity contribution in [3.63, 3.8) is 0 Å². The Morgan fingerprint density at radius 1 is 1.15 bits per heavy atom. The second kappa shape index (κ2) is 5.29. The fourth-order valence-corrected chi connectivity index (χ4v) is 3.03. The first kappa shape index (κ1) is 13.2. The van der Waals surface area contributed by atoms with E-state index in [1.165, 1.54) is 22.3 Å². The molecule has 2 heteroatoms. The van der Waals surface area contributed by atoms with Crippen molar-refractivity contribution in [2.45, 2.75) is 38.8 Å². The largest absolute Gasteiger partial charge is 0.508 e. The van der Waals surface area contributed by atoms with E-state index in [0.717, 1.165) is 12.8 Å². The van der Waals surface area contributed by atoms with Crippen molar-refractivity contribution in [1.29, 1.82) is 0 Å². The zero-order valence-corrected chi connectivity index (χ0v) is 12.1. The van der Waals surface area contributed by atoms with Crippen LogP contribution in [0.3, 0.4) is 0 Å². The third kappa shape index (κ3) is 2.56. The van der Waals surface area contributed by atoms with E-state index in [-0.39, 0.29) is 0 Å². The molecule has 2 N–H and O–H groups in total. The Hall–Kier alpha value is -1.80. The summed E-state index contributed by atoms with van der Waals surface area (Å²) in [4.78, 5) is 0. The average Bonchev–Trinajstić information content (AvgIpc) is 2.81. The van der Waals surface area contributed by atoms with E-state index in [4.69, 9.17) is 0 Å². The van der Waals surface area contributed by atoms with Crippen LogP contribution in [0, 0.1) is 6.92 Å². The molecule has 104 valence electrons. The summed E-state index contributed by atoms with van der Waals surface area (Å²) < 4.78 is 0. The van der Waals surface area contributed by atoms with Gasteiger partial charge < -0.3 is 10.4 Å². The predicted octanol–water partition coefficient (Wildman–Crippen LogP) is 4.04. The Bertz CT molecular complexity index is 603. The van der Waals surface area contributed by atoms with Gasteiger partial charge >= 0.3 is 0 Å². The molecule has 0 saturated heterocycles. The minimum atomic E-state index is 0.334. The standard InChI is InChI=1S/C18H21NO/c1-12-3-5-14(6-4-12)13(2)19-18-10-7-15-11-16(20)8-9-17(15)18/h3-6,8-9,11,13,18-20H,7,10H2,1-2H3. The van der Waals surface area contributed by atoms with Crippen LogP contribution in [0.5, 0.6) is 5.75 Å². The van der Waals surface area contributed by atoms with Gasteiger partial charge in [0, 0.05) is 12.1 Å². The van der Waals surface area contributed by atoms with E-state index < -0.39 is 0 Å². The highest BCUT2D eigenvalue weighted by Gasteiger charge is 2.24. The van der Waals surface area contributed by atoms with Gasteiger partial charge in [0.25, 0.3) is 0 Å². The van der Waals surface area contributed by atoms with Crippen molar-refractivity contribution < 1.29 is 5.11 Å². The van der Waals surface area contributed by atoms with Gasteiger partial charge in [0.15, 0.2) is 0 Å². The third-order valence-corrected chi connectivity index (χ3v) is 4.23. The van der Waals surface area contributed by atoms with Gasteiger partial charge in [0.1, 0.15) is 5.75 Å². The molecule has 2 unspecified atom stereocenters. The smallest absolute Gasteiger partial charge is 0.115 e. The van der Waals surface area contributed by atoms with E-state index in [1.807, 2.05) is 6.07 Å². The van der Waals surface area contributed by atoms with Crippen molar-refractivity contribution >= 4 is 0 Å². The zero-order valence-electron chi connectivity index (χ0n) is 12.1. The topological polar surface area (TPSA) is 32.3 Å². The van der Waals surface area contributed by atoms with Gasteiger partial charge in [0.2, 0.25) is 0 Å². The Balaban J connectivity index is 1.75. The number of rotatable bonds is 3. The lowest BCUT2D eigenvalue weighted by molar-refractivity contribution is 0.464. The number of phenolic OH excluding ortho intramolecular Hbond substituents is 1. The Morgan fingerprint density at radius 3 is 2.65 bits per heavy atom. The highest BCUT2D eigenvalue weighted by molar-refractivity contribution is 5.40. The van der Waals surface area contributed by atoms with Gasteiger partial charge in [-0.3, -0.25) is 0 Å². The second-order valence-corrected chi connectivity index (χ2v) is 5.77. The number of fused-ring (bicyclic) bond motifs is 1. The van der Waals surface area contributed by atoms with Gasteiger partial charge in [-0.25, -0.2) is 0 Å². The number of nitrogens with one attached hydrogen (secondary N) is 1. The van der Waals surface area contributed by atoms with Crippen LogP contribution in [0.4, 0.5) is 0 Å². The third-order valence-electron chi connectivity index (χ3n) is 4.23. The van der Waals surface area contributed by atoms with Gasteiger partial charge in [0.05, 0.1) is 0 Å². The molecule has 2 aromatic rings. The van der Waals surface area contributed by atoms with Crippen molar-refractivity contribution in [2.24, 2.45) is 0 Å². The lowest BCUT2D eigenvalue weighted by Gasteiger charge is -2.21. The van der Waals surface area contributed by atoms with E-state index in [0.29, 0.717) is 17.8 Å². The summed E-state index contributed by atoms with van der Waals surface area (Å²) in [5.41, 5.74) is 5.23. The van der Waals surface area contributed by atoms with Crippen molar-refractivity contribution in [1.82, 2.24) is 5.32 Å². The molecular formula is C18H21NO. The van der Waals surface area contributed by atoms with Crippen molar-refractivity contribution in [3.05, 3.63) is 64.7 Å². The molecule has 0 saturated carbocycles. The number of aryl methyl sites for hydroxylation is 2. The van der Waals surface area contributed by atoms with Crippen LogP contribution in [0.2, 0.25) is 0 Å². The van der Waals surface area contributed by atoms with E-state index in [2.05, 4.69) is 49.5 Å². The van der Waals surface area contributed by atoms with Crippen LogP contribution in [0.25, 0.3) is 0 Å². The number of benzene rings is 2. The number of aromatic hydroxyl groups is 1. The number of hydrogen-bond acceptors (Lipinski definition) is 2. The van der Waals surface area contributed by atoms with Gasteiger partial charge in [-0.15, -0.1) is 0 Å². The lowest BCUT2D eigenvalue weighted by Crippen LogP contribution is -2.22. The normalized spacial score (nSPS) is 18.8. The lowest BCUT2D eigenvalue weighted by atomic mass is 10.0. The molecule has 0 aromatic heterocycles. The SMILES string of the molecule is Cc1ccc(C(C)NC2CCc3cc(O)ccc32)cc1. The summed E-state index contributed by atoms with van der Waals surface area (Å²) >= 11 is 0. The monoisotopic (exact) mass is 267 g/mol. The maximum Gasteiger partial charge on any atom is 0.115 e. The summed E-state index contributed by atoms with van der Waals surface area (Å²) in [7, 11) is 0. The first-order valence-electron chi connectivity index (χ1n) is 7.28. The molecule has 0 spiro atoms. The first-order valence-corrected chi connectivity index (χ1v) is 7.28. The van der Waals surface area contributed by atoms with Crippen molar-refractivity contribution in [3.8, 4) is 5.75 Å². The van der Waals surface area contributed by atoms with Gasteiger partial charge in [-0.2, -0.15) is 0 Å². The minimum Gasteiger partial charge on any atom is -0.508 e. The van der Waals surface area contributed by atoms with Crippen LogP contribution in [-0.4, -0.2) is 5.11 Å². The second-order valence-electron chi connectivity index (χ2n) is 5.77. The van der Waals surface area contributed by atoms with Crippen LogP contribution >= 0.6 is 0 Å². The molecule has 2 nitrogen and oxygen atoms in total. The molecule has 1 aliphatic carbocycles. The summed E-state index contributed by atoms with van der Waals surface area (Å²) in [5.74, 6) is 0.371. The molecule has 2 aromatic carbocycles. The predicted molar refractivity (Wildman–Crippen MR) is 81.9 cm³/mol. The maximum absolute atomic E-state index is 9.55. The average molecular weight is 267 g/mol. The number of hydrogen-bond donors (Lipinski definition) is 2. The molecule has 3 rings (SSSR count). The molecule has 20 heavy (non-hydrogen) atoms. The van der Waals surface area contributed by atoms with E-state index in [1.54, 1.807) is 6.07 Å². The molecule has 0 amide bonds. The summed E-state index contributed by atoms with van der Waals surface area (Å²) in [6, 6.07) is 15.2. The van der Waals surface area contributed by atoms with E-state index >= 15 is 0 Å². The van der Waals surface area contributed by atoms with Crippen LogP contribution < -0.4 is 5.32 Å². The summed E-state index contributed by atoms with van der Waals surface area (Å²) in [6.45, 7) is 4.32. The quantitative estimate of drug-likeness (QED) is 0.879. The molecular weight excluding hydrogens is 246 g/mol. The molecule has 0 aliphatic heterocycles. The fraction of sp³-hybridized carbons (Fsp3) is 0.333. The Labute approximate surface area is 120 Å². The Kier molecular flexibility index (Phi) is 3.49. The van der Waals surface area contributed by atoms with Gasteiger partial charge in [-0.05, 0) is 55.5 Å². The summed E-state index contributed by atoms with van der Waals surface area (Å²) in [6.07, 6.45) is 2.15. The van der Waals surface area contributed by atoms with Crippen LogP contribution in [0.15, 0.2) is 42.5 Å².